The minimum absolute atomic E-state index is 0.195. The molecular formula is C16H18FN3O2S2. The number of thiocarbonyl (C=S) groups is 1. The number of anilines is 1. The first-order valence-corrected chi connectivity index (χ1v) is 9.19. The Bertz CT molecular complexity index is 791. The maximum Gasteiger partial charge on any atom is 0.240 e. The molecule has 0 fully saturated rings. The van der Waals surface area contributed by atoms with Crippen molar-refractivity contribution in [1.29, 1.82) is 0 Å². The molecule has 8 heteroatoms. The molecule has 2 aromatic rings. The van der Waals surface area contributed by atoms with E-state index in [2.05, 4.69) is 15.4 Å². The Labute approximate surface area is 146 Å². The maximum absolute atomic E-state index is 12.8. The molecule has 3 N–H and O–H groups in total. The van der Waals surface area contributed by atoms with Crippen molar-refractivity contribution in [2.75, 3.05) is 11.9 Å². The summed E-state index contributed by atoms with van der Waals surface area (Å²) < 4.78 is 39.0. The Morgan fingerprint density at radius 1 is 1.08 bits per heavy atom. The molecule has 0 radical (unpaired) electrons. The van der Waals surface area contributed by atoms with Crippen molar-refractivity contribution in [3.05, 3.63) is 59.9 Å². The van der Waals surface area contributed by atoms with Gasteiger partial charge in [-0.15, -0.1) is 0 Å². The van der Waals surface area contributed by atoms with Gasteiger partial charge in [0.1, 0.15) is 5.82 Å². The molecule has 0 heterocycles. The quantitative estimate of drug-likeness (QED) is 0.685. The lowest BCUT2D eigenvalue weighted by atomic mass is 10.2. The topological polar surface area (TPSA) is 70.2 Å². The molecule has 0 saturated heterocycles. The van der Waals surface area contributed by atoms with Crippen LogP contribution in [0.1, 0.15) is 12.5 Å². The van der Waals surface area contributed by atoms with E-state index in [1.54, 1.807) is 31.2 Å². The zero-order valence-corrected chi connectivity index (χ0v) is 14.7. The van der Waals surface area contributed by atoms with Crippen molar-refractivity contribution >= 4 is 33.0 Å². The molecule has 128 valence electrons. The van der Waals surface area contributed by atoms with Gasteiger partial charge in [0, 0.05) is 18.8 Å². The van der Waals surface area contributed by atoms with Crippen molar-refractivity contribution in [2.24, 2.45) is 0 Å². The van der Waals surface area contributed by atoms with Crippen LogP contribution in [0.2, 0.25) is 0 Å². The molecule has 0 aliphatic heterocycles. The first-order valence-electron chi connectivity index (χ1n) is 7.30. The van der Waals surface area contributed by atoms with Crippen molar-refractivity contribution in [3.8, 4) is 0 Å². The Hall–Kier alpha value is -2.03. The van der Waals surface area contributed by atoms with E-state index in [4.69, 9.17) is 12.2 Å². The Morgan fingerprint density at radius 2 is 1.71 bits per heavy atom. The van der Waals surface area contributed by atoms with Gasteiger partial charge in [-0.2, -0.15) is 0 Å². The summed E-state index contributed by atoms with van der Waals surface area (Å²) in [5.74, 6) is -0.285. The van der Waals surface area contributed by atoms with Crippen LogP contribution in [-0.2, 0) is 16.6 Å². The summed E-state index contributed by atoms with van der Waals surface area (Å²) in [6, 6.07) is 12.4. The maximum atomic E-state index is 12.8. The zero-order chi connectivity index (χ0) is 17.6. The van der Waals surface area contributed by atoms with Crippen LogP contribution in [0.25, 0.3) is 0 Å². The highest BCUT2D eigenvalue weighted by Crippen LogP contribution is 2.14. The van der Waals surface area contributed by atoms with Gasteiger partial charge in [0.15, 0.2) is 5.11 Å². The van der Waals surface area contributed by atoms with Crippen LogP contribution >= 0.6 is 12.2 Å². The molecule has 0 spiro atoms. The normalized spacial score (nSPS) is 11.1. The lowest BCUT2D eigenvalue weighted by molar-refractivity contribution is 0.584. The first kappa shape index (κ1) is 18.3. The van der Waals surface area contributed by atoms with E-state index in [1.807, 2.05) is 0 Å². The fourth-order valence-electron chi connectivity index (χ4n) is 1.95. The molecule has 0 amide bonds. The second-order valence-electron chi connectivity index (χ2n) is 4.96. The molecule has 0 unspecified atom stereocenters. The first-order chi connectivity index (χ1) is 11.4. The Kier molecular flexibility index (Phi) is 6.24. The molecule has 2 rings (SSSR count). The van der Waals surface area contributed by atoms with Gasteiger partial charge < -0.3 is 10.6 Å². The number of sulfonamides is 1. The number of nitrogens with one attached hydrogen (secondary N) is 3. The second-order valence-corrected chi connectivity index (χ2v) is 7.14. The summed E-state index contributed by atoms with van der Waals surface area (Å²) in [6.07, 6.45) is 0. The molecule has 0 aromatic heterocycles. The van der Waals surface area contributed by atoms with Crippen molar-refractivity contribution in [2.45, 2.75) is 18.4 Å². The van der Waals surface area contributed by atoms with Gasteiger partial charge in [0.05, 0.1) is 4.90 Å². The molecule has 5 nitrogen and oxygen atoms in total. The van der Waals surface area contributed by atoms with Crippen LogP contribution in [0.3, 0.4) is 0 Å². The van der Waals surface area contributed by atoms with Gasteiger partial charge in [0.2, 0.25) is 10.0 Å². The molecule has 0 bridgehead atoms. The predicted molar refractivity (Wildman–Crippen MR) is 96.8 cm³/mol. The third kappa shape index (κ3) is 5.26. The van der Waals surface area contributed by atoms with E-state index in [1.165, 1.54) is 24.3 Å². The zero-order valence-electron chi connectivity index (χ0n) is 13.0. The monoisotopic (exact) mass is 367 g/mol. The number of hydrogen-bond acceptors (Lipinski definition) is 3. The molecule has 0 saturated carbocycles. The summed E-state index contributed by atoms with van der Waals surface area (Å²) in [4.78, 5) is 0.195. The predicted octanol–water partition coefficient (Wildman–Crippen LogP) is 2.61. The largest absolute Gasteiger partial charge is 0.358 e. The number of hydrogen-bond donors (Lipinski definition) is 3. The van der Waals surface area contributed by atoms with Crippen LogP contribution in [0.4, 0.5) is 10.1 Å². The van der Waals surface area contributed by atoms with E-state index < -0.39 is 10.0 Å². The van der Waals surface area contributed by atoms with Gasteiger partial charge in [-0.05, 0) is 54.2 Å². The average molecular weight is 367 g/mol. The summed E-state index contributed by atoms with van der Waals surface area (Å²) >= 11 is 5.18. The van der Waals surface area contributed by atoms with E-state index in [-0.39, 0.29) is 10.7 Å². The molecule has 24 heavy (non-hydrogen) atoms. The van der Waals surface area contributed by atoms with Crippen molar-refractivity contribution < 1.29 is 12.8 Å². The highest BCUT2D eigenvalue weighted by Gasteiger charge is 2.11. The smallest absolute Gasteiger partial charge is 0.240 e. The summed E-state index contributed by atoms with van der Waals surface area (Å²) in [5.41, 5.74) is 1.56. The van der Waals surface area contributed by atoms with Gasteiger partial charge in [-0.3, -0.25) is 0 Å². The summed E-state index contributed by atoms with van der Waals surface area (Å²) in [5, 5.41) is 6.35. The van der Waals surface area contributed by atoms with Crippen LogP contribution in [0.5, 0.6) is 0 Å². The van der Waals surface area contributed by atoms with Crippen LogP contribution in [0, 0.1) is 5.82 Å². The fourth-order valence-corrected chi connectivity index (χ4v) is 3.18. The molecule has 2 aromatic carbocycles. The van der Waals surface area contributed by atoms with Gasteiger partial charge in [-0.25, -0.2) is 17.5 Å². The van der Waals surface area contributed by atoms with E-state index in [9.17, 15) is 12.8 Å². The Balaban J connectivity index is 1.91. The molecule has 0 aliphatic rings. The van der Waals surface area contributed by atoms with Crippen molar-refractivity contribution in [3.63, 3.8) is 0 Å². The van der Waals surface area contributed by atoms with E-state index in [0.29, 0.717) is 23.9 Å². The lowest BCUT2D eigenvalue weighted by Crippen LogP contribution is -2.28. The third-order valence-electron chi connectivity index (χ3n) is 3.12. The third-order valence-corrected chi connectivity index (χ3v) is 4.93. The van der Waals surface area contributed by atoms with Crippen LogP contribution in [0.15, 0.2) is 53.4 Å². The average Bonchev–Trinajstić information content (AvgIpc) is 2.55. The number of halogens is 1. The summed E-state index contributed by atoms with van der Waals surface area (Å²) in [7, 11) is -3.46. The molecular weight excluding hydrogens is 349 g/mol. The molecule has 0 aliphatic carbocycles. The minimum Gasteiger partial charge on any atom is -0.358 e. The minimum atomic E-state index is -3.46. The van der Waals surface area contributed by atoms with Crippen LogP contribution < -0.4 is 15.4 Å². The lowest BCUT2D eigenvalue weighted by Gasteiger charge is -2.11. The standard InChI is InChI=1S/C16H18FN3O2S2/c1-2-19-24(21,22)15-9-7-14(8-10-15)20-16(23)18-11-12-3-5-13(17)6-4-12/h3-10,19H,2,11H2,1H3,(H2,18,20,23). The highest BCUT2D eigenvalue weighted by molar-refractivity contribution is 7.89. The van der Waals surface area contributed by atoms with Crippen LogP contribution in [-0.4, -0.2) is 20.1 Å². The van der Waals surface area contributed by atoms with Gasteiger partial charge in [-0.1, -0.05) is 19.1 Å². The highest BCUT2D eigenvalue weighted by atomic mass is 32.2. The SMILES string of the molecule is CCNS(=O)(=O)c1ccc(NC(=S)NCc2ccc(F)cc2)cc1. The number of benzene rings is 2. The van der Waals surface area contributed by atoms with Gasteiger partial charge >= 0.3 is 0 Å². The Morgan fingerprint density at radius 3 is 2.29 bits per heavy atom. The van der Waals surface area contributed by atoms with Crippen molar-refractivity contribution in [1.82, 2.24) is 10.0 Å². The summed E-state index contributed by atoms with van der Waals surface area (Å²) in [6.45, 7) is 2.51. The van der Waals surface area contributed by atoms with E-state index >= 15 is 0 Å². The molecule has 0 atom stereocenters. The van der Waals surface area contributed by atoms with E-state index in [0.717, 1.165) is 5.56 Å². The second kappa shape index (κ2) is 8.18. The fraction of sp³-hybridized carbons (Fsp3) is 0.188. The van der Waals surface area contributed by atoms with Gasteiger partial charge in [0.25, 0.3) is 0 Å². The number of rotatable bonds is 6.